The summed E-state index contributed by atoms with van der Waals surface area (Å²) in [4.78, 5) is 29.1. The summed E-state index contributed by atoms with van der Waals surface area (Å²) >= 11 is 11.6. The second-order valence-corrected chi connectivity index (χ2v) is 6.22. The molecule has 0 spiro atoms. The Balaban J connectivity index is 2.77. The van der Waals surface area contributed by atoms with Crippen LogP contribution < -0.4 is 5.32 Å². The molecular formula is C13H17Cl2N3O2. The summed E-state index contributed by atoms with van der Waals surface area (Å²) in [5, 5.41) is 3.14. The lowest BCUT2D eigenvalue weighted by atomic mass is 10.1. The minimum absolute atomic E-state index is 0.0326. The van der Waals surface area contributed by atoms with Crippen LogP contribution in [-0.4, -0.2) is 40.8 Å². The standard InChI is InChI=1S/C13H17Cl2N3O2/c1-13(2,3)17-10(19)7-18(4)12(20)11-8(14)5-6-9(15)16-11/h5-6H,7H2,1-4H3,(H,17,19). The third-order valence-electron chi connectivity index (χ3n) is 2.26. The van der Waals surface area contributed by atoms with Crippen molar-refractivity contribution < 1.29 is 9.59 Å². The van der Waals surface area contributed by atoms with Crippen LogP contribution in [0.15, 0.2) is 12.1 Å². The van der Waals surface area contributed by atoms with Crippen LogP contribution in [-0.2, 0) is 4.79 Å². The number of likely N-dealkylation sites (N-methyl/N-ethyl adjacent to an activating group) is 1. The molecule has 5 nitrogen and oxygen atoms in total. The van der Waals surface area contributed by atoms with Crippen molar-refractivity contribution in [1.82, 2.24) is 15.2 Å². The Bertz CT molecular complexity index is 527. The summed E-state index contributed by atoms with van der Waals surface area (Å²) in [6.07, 6.45) is 0. The van der Waals surface area contributed by atoms with E-state index in [-0.39, 0.29) is 33.9 Å². The Hall–Kier alpha value is -1.33. The largest absolute Gasteiger partial charge is 0.350 e. The molecule has 0 aromatic carbocycles. The molecule has 2 amide bonds. The van der Waals surface area contributed by atoms with Gasteiger partial charge in [-0.1, -0.05) is 23.2 Å². The number of rotatable bonds is 3. The maximum absolute atomic E-state index is 12.2. The van der Waals surface area contributed by atoms with Crippen molar-refractivity contribution in [2.45, 2.75) is 26.3 Å². The molecule has 0 radical (unpaired) electrons. The fraction of sp³-hybridized carbons (Fsp3) is 0.462. The molecule has 7 heteroatoms. The van der Waals surface area contributed by atoms with Crippen molar-refractivity contribution in [3.05, 3.63) is 28.0 Å². The van der Waals surface area contributed by atoms with Gasteiger partial charge >= 0.3 is 0 Å². The zero-order chi connectivity index (χ0) is 15.5. The number of hydrogen-bond acceptors (Lipinski definition) is 3. The highest BCUT2D eigenvalue weighted by Gasteiger charge is 2.21. The van der Waals surface area contributed by atoms with Gasteiger partial charge in [0.05, 0.1) is 11.6 Å². The Morgan fingerprint density at radius 1 is 1.30 bits per heavy atom. The number of pyridine rings is 1. The number of nitrogens with zero attached hydrogens (tertiary/aromatic N) is 2. The molecule has 0 saturated heterocycles. The molecule has 1 aromatic rings. The second kappa shape index (κ2) is 6.41. The molecule has 0 unspecified atom stereocenters. The summed E-state index contributed by atoms with van der Waals surface area (Å²) in [6, 6.07) is 2.99. The lowest BCUT2D eigenvalue weighted by Crippen LogP contribution is -2.46. The third kappa shape index (κ3) is 4.98. The molecule has 0 bridgehead atoms. The van der Waals surface area contributed by atoms with Crippen LogP contribution in [0, 0.1) is 0 Å². The molecule has 0 aliphatic carbocycles. The summed E-state index contributed by atoms with van der Waals surface area (Å²) in [5.41, 5.74) is -0.322. The van der Waals surface area contributed by atoms with Gasteiger partial charge < -0.3 is 10.2 Å². The van der Waals surface area contributed by atoms with Crippen LogP contribution in [0.3, 0.4) is 0 Å². The molecule has 0 atom stereocenters. The van der Waals surface area contributed by atoms with E-state index in [1.165, 1.54) is 24.1 Å². The minimum atomic E-state index is -0.457. The third-order valence-corrected chi connectivity index (χ3v) is 2.77. The summed E-state index contributed by atoms with van der Waals surface area (Å²) in [5.74, 6) is -0.715. The second-order valence-electron chi connectivity index (χ2n) is 5.42. The summed E-state index contributed by atoms with van der Waals surface area (Å²) < 4.78 is 0. The molecule has 1 heterocycles. The Labute approximate surface area is 128 Å². The van der Waals surface area contributed by atoms with E-state index >= 15 is 0 Å². The maximum atomic E-state index is 12.2. The summed E-state index contributed by atoms with van der Waals surface area (Å²) in [7, 11) is 1.50. The fourth-order valence-electron chi connectivity index (χ4n) is 1.49. The highest BCUT2D eigenvalue weighted by Crippen LogP contribution is 2.18. The molecule has 110 valence electrons. The monoisotopic (exact) mass is 317 g/mol. The SMILES string of the molecule is CN(CC(=O)NC(C)(C)C)C(=O)c1nc(Cl)ccc1Cl. The van der Waals surface area contributed by atoms with Gasteiger partial charge in [-0.3, -0.25) is 9.59 Å². The number of hydrogen-bond donors (Lipinski definition) is 1. The van der Waals surface area contributed by atoms with Crippen LogP contribution in [0.4, 0.5) is 0 Å². The fourth-order valence-corrected chi connectivity index (χ4v) is 1.83. The predicted molar refractivity (Wildman–Crippen MR) is 79.1 cm³/mol. The van der Waals surface area contributed by atoms with Gasteiger partial charge in [0.25, 0.3) is 5.91 Å². The average Bonchev–Trinajstić information content (AvgIpc) is 2.28. The van der Waals surface area contributed by atoms with Crippen LogP contribution in [0.5, 0.6) is 0 Å². The molecule has 0 saturated carbocycles. The number of amides is 2. The number of halogens is 2. The molecule has 0 fully saturated rings. The maximum Gasteiger partial charge on any atom is 0.274 e. The first-order valence-electron chi connectivity index (χ1n) is 5.98. The first kappa shape index (κ1) is 16.7. The van der Waals surface area contributed by atoms with Crippen LogP contribution in [0.1, 0.15) is 31.3 Å². The molecule has 20 heavy (non-hydrogen) atoms. The van der Waals surface area contributed by atoms with Crippen LogP contribution in [0.25, 0.3) is 0 Å². The van der Waals surface area contributed by atoms with Gasteiger partial charge in [0.1, 0.15) is 10.8 Å². The van der Waals surface area contributed by atoms with Gasteiger partial charge in [0, 0.05) is 12.6 Å². The number of carbonyl (C=O) groups is 2. The van der Waals surface area contributed by atoms with Crippen LogP contribution in [0.2, 0.25) is 10.2 Å². The van der Waals surface area contributed by atoms with Gasteiger partial charge in [-0.2, -0.15) is 0 Å². The van der Waals surface area contributed by atoms with E-state index in [1.54, 1.807) is 0 Å². The lowest BCUT2D eigenvalue weighted by Gasteiger charge is -2.23. The van der Waals surface area contributed by atoms with E-state index in [9.17, 15) is 9.59 Å². The highest BCUT2D eigenvalue weighted by molar-refractivity contribution is 6.34. The van der Waals surface area contributed by atoms with E-state index < -0.39 is 5.91 Å². The van der Waals surface area contributed by atoms with Crippen molar-refractivity contribution >= 4 is 35.0 Å². The van der Waals surface area contributed by atoms with E-state index in [4.69, 9.17) is 23.2 Å². The molecule has 1 N–H and O–H groups in total. The Kier molecular flexibility index (Phi) is 5.36. The first-order valence-corrected chi connectivity index (χ1v) is 6.74. The zero-order valence-corrected chi connectivity index (χ0v) is 13.3. The topological polar surface area (TPSA) is 62.3 Å². The van der Waals surface area contributed by atoms with Crippen molar-refractivity contribution in [3.8, 4) is 0 Å². The quantitative estimate of drug-likeness (QED) is 0.871. The lowest BCUT2D eigenvalue weighted by molar-refractivity contribution is -0.122. The summed E-state index contributed by atoms with van der Waals surface area (Å²) in [6.45, 7) is 5.51. The number of nitrogens with one attached hydrogen (secondary N) is 1. The average molecular weight is 318 g/mol. The van der Waals surface area contributed by atoms with Crippen molar-refractivity contribution in [3.63, 3.8) is 0 Å². The zero-order valence-electron chi connectivity index (χ0n) is 11.8. The van der Waals surface area contributed by atoms with Crippen molar-refractivity contribution in [2.24, 2.45) is 0 Å². The van der Waals surface area contributed by atoms with Gasteiger partial charge in [-0.25, -0.2) is 4.98 Å². The predicted octanol–water partition coefficient (Wildman–Crippen LogP) is 2.38. The Morgan fingerprint density at radius 2 is 1.90 bits per heavy atom. The van der Waals surface area contributed by atoms with Gasteiger partial charge in [0.2, 0.25) is 5.91 Å². The minimum Gasteiger partial charge on any atom is -0.350 e. The molecule has 0 aliphatic heterocycles. The Morgan fingerprint density at radius 3 is 2.45 bits per heavy atom. The van der Waals surface area contributed by atoms with E-state index in [0.717, 1.165) is 0 Å². The van der Waals surface area contributed by atoms with E-state index in [2.05, 4.69) is 10.3 Å². The molecule has 0 aliphatic rings. The van der Waals surface area contributed by atoms with Crippen molar-refractivity contribution in [1.29, 1.82) is 0 Å². The molecule has 1 aromatic heterocycles. The number of aromatic nitrogens is 1. The highest BCUT2D eigenvalue weighted by atomic mass is 35.5. The smallest absolute Gasteiger partial charge is 0.274 e. The van der Waals surface area contributed by atoms with Crippen molar-refractivity contribution in [2.75, 3.05) is 13.6 Å². The number of carbonyl (C=O) groups excluding carboxylic acids is 2. The van der Waals surface area contributed by atoms with Gasteiger partial charge in [-0.05, 0) is 32.9 Å². The normalized spacial score (nSPS) is 11.1. The molecular weight excluding hydrogens is 301 g/mol. The van der Waals surface area contributed by atoms with Gasteiger partial charge in [-0.15, -0.1) is 0 Å². The first-order chi connectivity index (χ1) is 9.10. The van der Waals surface area contributed by atoms with E-state index in [1.807, 2.05) is 20.8 Å². The molecule has 1 rings (SSSR count). The van der Waals surface area contributed by atoms with Crippen LogP contribution >= 0.6 is 23.2 Å². The van der Waals surface area contributed by atoms with Gasteiger partial charge in [0.15, 0.2) is 0 Å². The van der Waals surface area contributed by atoms with E-state index in [0.29, 0.717) is 0 Å².